The minimum absolute atomic E-state index is 0.144. The fourth-order valence-corrected chi connectivity index (χ4v) is 4.68. The molecule has 0 amide bonds. The maximum atomic E-state index is 13.1. The fourth-order valence-electron chi connectivity index (χ4n) is 4.68. The molecule has 188 valence electrons. The second-order valence-electron chi connectivity index (χ2n) is 9.66. The average Bonchev–Trinajstić information content (AvgIpc) is 2.93. The van der Waals surface area contributed by atoms with Gasteiger partial charge < -0.3 is 9.47 Å². The molecule has 4 aromatic carbocycles. The van der Waals surface area contributed by atoms with Crippen molar-refractivity contribution in [3.05, 3.63) is 138 Å². The molecule has 4 aromatic rings. The Balaban J connectivity index is 1.22. The van der Waals surface area contributed by atoms with Crippen molar-refractivity contribution in [1.29, 1.82) is 0 Å². The molecule has 0 bridgehead atoms. The molecule has 0 radical (unpaired) electrons. The molecule has 1 aliphatic rings. The van der Waals surface area contributed by atoms with E-state index in [1.807, 2.05) is 78.9 Å². The van der Waals surface area contributed by atoms with Crippen LogP contribution in [0.15, 0.2) is 115 Å². The Bertz CT molecular complexity index is 1250. The maximum Gasteiger partial charge on any atom is 0.176 e. The first kappa shape index (κ1) is 24.9. The summed E-state index contributed by atoms with van der Waals surface area (Å²) in [6, 6.07) is 38.5. The lowest BCUT2D eigenvalue weighted by Crippen LogP contribution is -2.49. The van der Waals surface area contributed by atoms with Crippen LogP contribution in [0.3, 0.4) is 0 Å². The number of nitrogens with zero attached hydrogens (tertiary/aromatic N) is 1. The number of Topliss-reactive ketones (excluding diaryl/α,β-unsaturated/α-hetero) is 1. The minimum atomic E-state index is 0.144. The standard InChI is InChI=1S/C33H33NO3/c35-33(29-16-8-3-9-17-29)23-34(30-20-32(21-30)37-25-27-13-6-2-7-14-27)22-28-15-10-18-31(19-28)36-24-26-11-4-1-5-12-26/h1-19,30,32H,20-25H2. The number of hydrogen-bond acceptors (Lipinski definition) is 4. The molecule has 1 aliphatic carbocycles. The largest absolute Gasteiger partial charge is 0.489 e. The second-order valence-corrected chi connectivity index (χ2v) is 9.66. The third-order valence-corrected chi connectivity index (χ3v) is 6.89. The summed E-state index contributed by atoms with van der Waals surface area (Å²) in [5.74, 6) is 0.985. The molecule has 4 heteroatoms. The summed E-state index contributed by atoms with van der Waals surface area (Å²) in [7, 11) is 0. The van der Waals surface area contributed by atoms with Gasteiger partial charge in [0.15, 0.2) is 5.78 Å². The van der Waals surface area contributed by atoms with Crippen molar-refractivity contribution in [2.75, 3.05) is 6.54 Å². The van der Waals surface area contributed by atoms with E-state index >= 15 is 0 Å². The van der Waals surface area contributed by atoms with E-state index in [2.05, 4.69) is 41.3 Å². The fraction of sp³-hybridized carbons (Fsp3) is 0.242. The molecule has 0 aromatic heterocycles. The van der Waals surface area contributed by atoms with Crippen molar-refractivity contribution in [3.8, 4) is 5.75 Å². The number of carbonyl (C=O) groups is 1. The van der Waals surface area contributed by atoms with Crippen LogP contribution in [0, 0.1) is 0 Å². The molecule has 37 heavy (non-hydrogen) atoms. The van der Waals surface area contributed by atoms with E-state index in [1.165, 1.54) is 5.56 Å². The summed E-state index contributed by atoms with van der Waals surface area (Å²) in [4.78, 5) is 15.4. The number of rotatable bonds is 12. The summed E-state index contributed by atoms with van der Waals surface area (Å²) in [5.41, 5.74) is 4.22. The van der Waals surface area contributed by atoms with Crippen LogP contribution in [0.2, 0.25) is 0 Å². The summed E-state index contributed by atoms with van der Waals surface area (Å²) in [5, 5.41) is 0. The molecule has 0 saturated heterocycles. The van der Waals surface area contributed by atoms with Crippen molar-refractivity contribution < 1.29 is 14.3 Å². The predicted molar refractivity (Wildman–Crippen MR) is 146 cm³/mol. The van der Waals surface area contributed by atoms with E-state index in [1.54, 1.807) is 0 Å². The third kappa shape index (κ3) is 7.16. The van der Waals surface area contributed by atoms with Gasteiger partial charge >= 0.3 is 0 Å². The zero-order valence-electron chi connectivity index (χ0n) is 21.0. The van der Waals surface area contributed by atoms with Gasteiger partial charge in [0, 0.05) is 18.2 Å². The topological polar surface area (TPSA) is 38.8 Å². The van der Waals surface area contributed by atoms with Crippen molar-refractivity contribution >= 4 is 5.78 Å². The van der Waals surface area contributed by atoms with Crippen molar-refractivity contribution in [2.45, 2.75) is 44.7 Å². The molecule has 0 heterocycles. The Morgan fingerprint density at radius 3 is 1.97 bits per heavy atom. The first-order valence-electron chi connectivity index (χ1n) is 13.0. The van der Waals surface area contributed by atoms with E-state index in [4.69, 9.17) is 9.47 Å². The Hall–Kier alpha value is -3.73. The highest BCUT2D eigenvalue weighted by atomic mass is 16.5. The highest BCUT2D eigenvalue weighted by Gasteiger charge is 2.35. The van der Waals surface area contributed by atoms with Gasteiger partial charge in [0.2, 0.25) is 0 Å². The van der Waals surface area contributed by atoms with Gasteiger partial charge in [-0.3, -0.25) is 9.69 Å². The molecule has 1 saturated carbocycles. The quantitative estimate of drug-likeness (QED) is 0.207. The van der Waals surface area contributed by atoms with Crippen molar-refractivity contribution in [3.63, 3.8) is 0 Å². The summed E-state index contributed by atoms with van der Waals surface area (Å²) in [6.07, 6.45) is 2.08. The van der Waals surface area contributed by atoms with Crippen molar-refractivity contribution in [2.24, 2.45) is 0 Å². The summed E-state index contributed by atoms with van der Waals surface area (Å²) >= 11 is 0. The van der Waals surface area contributed by atoms with Crippen LogP contribution in [-0.2, 0) is 24.5 Å². The first-order chi connectivity index (χ1) is 18.2. The van der Waals surface area contributed by atoms with Gasteiger partial charge in [0.05, 0.1) is 19.3 Å². The van der Waals surface area contributed by atoms with Crippen LogP contribution in [0.1, 0.15) is 39.9 Å². The Kier molecular flexibility index (Phi) is 8.42. The van der Waals surface area contributed by atoms with Crippen LogP contribution >= 0.6 is 0 Å². The van der Waals surface area contributed by atoms with Crippen LogP contribution < -0.4 is 4.74 Å². The summed E-state index contributed by atoms with van der Waals surface area (Å²) in [6.45, 7) is 2.23. The highest BCUT2D eigenvalue weighted by molar-refractivity contribution is 5.97. The van der Waals surface area contributed by atoms with E-state index in [0.717, 1.165) is 35.3 Å². The van der Waals surface area contributed by atoms with E-state index in [9.17, 15) is 4.79 Å². The van der Waals surface area contributed by atoms with Gasteiger partial charge in [-0.15, -0.1) is 0 Å². The molecule has 5 rings (SSSR count). The molecule has 4 nitrogen and oxygen atoms in total. The molecule has 0 N–H and O–H groups in total. The zero-order valence-corrected chi connectivity index (χ0v) is 21.0. The molecule has 1 fully saturated rings. The van der Waals surface area contributed by atoms with Gasteiger partial charge in [-0.25, -0.2) is 0 Å². The van der Waals surface area contributed by atoms with Crippen LogP contribution in [0.4, 0.5) is 0 Å². The van der Waals surface area contributed by atoms with Crippen molar-refractivity contribution in [1.82, 2.24) is 4.90 Å². The number of ether oxygens (including phenoxy) is 2. The van der Waals surface area contributed by atoms with E-state index in [-0.39, 0.29) is 11.9 Å². The Labute approximate surface area is 219 Å². The molecule has 0 aliphatic heterocycles. The van der Waals surface area contributed by atoms with Gasteiger partial charge in [-0.2, -0.15) is 0 Å². The molecular formula is C33H33NO3. The average molecular weight is 492 g/mol. The molecular weight excluding hydrogens is 458 g/mol. The monoisotopic (exact) mass is 491 g/mol. The second kappa shape index (κ2) is 12.5. The normalized spacial score (nSPS) is 16.8. The highest BCUT2D eigenvalue weighted by Crippen LogP contribution is 2.31. The number of ketones is 1. The molecule has 0 spiro atoms. The van der Waals surface area contributed by atoms with Gasteiger partial charge in [-0.05, 0) is 41.7 Å². The molecule has 0 atom stereocenters. The minimum Gasteiger partial charge on any atom is -0.489 e. The van der Waals surface area contributed by atoms with E-state index < -0.39 is 0 Å². The van der Waals surface area contributed by atoms with Gasteiger partial charge in [0.1, 0.15) is 12.4 Å². The third-order valence-electron chi connectivity index (χ3n) is 6.89. The Morgan fingerprint density at radius 2 is 1.30 bits per heavy atom. The van der Waals surface area contributed by atoms with Crippen LogP contribution in [0.25, 0.3) is 0 Å². The van der Waals surface area contributed by atoms with Crippen LogP contribution in [0.5, 0.6) is 5.75 Å². The predicted octanol–water partition coefficient (Wildman–Crippen LogP) is 6.70. The lowest BCUT2D eigenvalue weighted by molar-refractivity contribution is -0.0592. The lowest BCUT2D eigenvalue weighted by atomic mass is 9.87. The SMILES string of the molecule is O=C(CN(Cc1cccc(OCc2ccccc2)c1)C1CC(OCc2ccccc2)C1)c1ccccc1. The Morgan fingerprint density at radius 1 is 0.703 bits per heavy atom. The van der Waals surface area contributed by atoms with Gasteiger partial charge in [-0.1, -0.05) is 103 Å². The van der Waals surface area contributed by atoms with Gasteiger partial charge in [0.25, 0.3) is 0 Å². The first-order valence-corrected chi connectivity index (χ1v) is 13.0. The number of carbonyl (C=O) groups excluding carboxylic acids is 1. The lowest BCUT2D eigenvalue weighted by Gasteiger charge is -2.42. The van der Waals surface area contributed by atoms with Crippen LogP contribution in [-0.4, -0.2) is 29.4 Å². The molecule has 0 unspecified atom stereocenters. The zero-order chi connectivity index (χ0) is 25.3. The maximum absolute atomic E-state index is 13.1. The van der Waals surface area contributed by atoms with E-state index in [0.29, 0.717) is 32.3 Å². The number of hydrogen-bond donors (Lipinski definition) is 0. The summed E-state index contributed by atoms with van der Waals surface area (Å²) < 4.78 is 12.2. The smallest absolute Gasteiger partial charge is 0.176 e. The number of benzene rings is 4.